The van der Waals surface area contributed by atoms with Crippen LogP contribution in [0.3, 0.4) is 0 Å². The molecule has 0 saturated carbocycles. The van der Waals surface area contributed by atoms with Gasteiger partial charge in [0.2, 0.25) is 5.91 Å². The van der Waals surface area contributed by atoms with Crippen molar-refractivity contribution in [1.82, 2.24) is 10.2 Å². The Morgan fingerprint density at radius 1 is 0.865 bits per heavy atom. The minimum atomic E-state index is -0.715. The molecule has 0 aliphatic heterocycles. The molecule has 0 heterocycles. The third-order valence-electron chi connectivity index (χ3n) is 6.08. The first-order chi connectivity index (χ1) is 17.8. The van der Waals surface area contributed by atoms with Gasteiger partial charge in [-0.15, -0.1) is 0 Å². The van der Waals surface area contributed by atoms with Crippen molar-refractivity contribution in [3.05, 3.63) is 95.6 Å². The van der Waals surface area contributed by atoms with Crippen molar-refractivity contribution >= 4 is 11.8 Å². The summed E-state index contributed by atoms with van der Waals surface area (Å²) in [7, 11) is 1.61. The molecule has 0 spiro atoms. The van der Waals surface area contributed by atoms with E-state index in [0.717, 1.165) is 16.7 Å². The molecule has 0 fully saturated rings. The maximum Gasteiger partial charge on any atom is 0.261 e. The van der Waals surface area contributed by atoms with Gasteiger partial charge in [0.15, 0.2) is 6.61 Å². The number of carbonyl (C=O) groups is 2. The van der Waals surface area contributed by atoms with Crippen molar-refractivity contribution in [3.8, 4) is 11.5 Å². The Morgan fingerprint density at radius 2 is 1.54 bits per heavy atom. The van der Waals surface area contributed by atoms with Crippen molar-refractivity contribution in [3.63, 3.8) is 0 Å². The molecular weight excluding hydrogens is 464 g/mol. The lowest BCUT2D eigenvalue weighted by atomic mass is 10.0. The van der Waals surface area contributed by atoms with Crippen LogP contribution in [0.2, 0.25) is 0 Å². The van der Waals surface area contributed by atoms with Crippen molar-refractivity contribution < 1.29 is 19.1 Å². The zero-order chi connectivity index (χ0) is 26.8. The van der Waals surface area contributed by atoms with E-state index in [2.05, 4.69) is 19.2 Å². The third-order valence-corrected chi connectivity index (χ3v) is 6.08. The summed E-state index contributed by atoms with van der Waals surface area (Å²) in [4.78, 5) is 28.9. The highest BCUT2D eigenvalue weighted by Crippen LogP contribution is 2.26. The number of methoxy groups -OCH3 is 1. The van der Waals surface area contributed by atoms with E-state index in [1.807, 2.05) is 92.7 Å². The maximum atomic E-state index is 13.8. The van der Waals surface area contributed by atoms with Gasteiger partial charge < -0.3 is 19.7 Å². The van der Waals surface area contributed by atoms with E-state index in [1.54, 1.807) is 12.0 Å². The lowest BCUT2D eigenvalue weighted by Gasteiger charge is -2.32. The summed E-state index contributed by atoms with van der Waals surface area (Å²) < 4.78 is 11.4. The van der Waals surface area contributed by atoms with E-state index in [4.69, 9.17) is 9.47 Å². The molecule has 196 valence electrons. The van der Waals surface area contributed by atoms with E-state index < -0.39 is 6.04 Å². The number of para-hydroxylation sites is 1. The van der Waals surface area contributed by atoms with Gasteiger partial charge in [-0.3, -0.25) is 9.59 Å². The third kappa shape index (κ3) is 8.10. The largest absolute Gasteiger partial charge is 0.497 e. The number of nitrogens with one attached hydrogen (secondary N) is 1. The van der Waals surface area contributed by atoms with E-state index in [9.17, 15) is 9.59 Å². The molecule has 37 heavy (non-hydrogen) atoms. The van der Waals surface area contributed by atoms with Crippen molar-refractivity contribution in [2.75, 3.05) is 13.7 Å². The molecule has 3 aromatic carbocycles. The van der Waals surface area contributed by atoms with Gasteiger partial charge in [0.05, 0.1) is 7.11 Å². The van der Waals surface area contributed by atoms with Gasteiger partial charge in [-0.2, -0.15) is 0 Å². The molecule has 3 aromatic rings. The predicted molar refractivity (Wildman–Crippen MR) is 147 cm³/mol. The fourth-order valence-corrected chi connectivity index (χ4v) is 4.21. The van der Waals surface area contributed by atoms with Crippen molar-refractivity contribution in [1.29, 1.82) is 0 Å². The van der Waals surface area contributed by atoms with Crippen molar-refractivity contribution in [2.45, 2.75) is 58.7 Å². The summed E-state index contributed by atoms with van der Waals surface area (Å²) >= 11 is 0. The molecule has 1 N–H and O–H groups in total. The molecule has 0 bridgehead atoms. The first-order valence-electron chi connectivity index (χ1n) is 12.8. The van der Waals surface area contributed by atoms with Gasteiger partial charge in [-0.25, -0.2) is 0 Å². The molecule has 6 heteroatoms. The summed E-state index contributed by atoms with van der Waals surface area (Å²) in [6.07, 6.45) is 0.387. The molecule has 2 amide bonds. The number of hydrogen-bond acceptors (Lipinski definition) is 4. The Hall–Kier alpha value is -3.80. The first kappa shape index (κ1) is 27.8. The second-order valence-electron chi connectivity index (χ2n) is 9.72. The zero-order valence-corrected chi connectivity index (χ0v) is 22.4. The zero-order valence-electron chi connectivity index (χ0n) is 22.4. The van der Waals surface area contributed by atoms with Gasteiger partial charge in [0, 0.05) is 19.0 Å². The molecule has 0 aliphatic rings. The van der Waals surface area contributed by atoms with Gasteiger partial charge in [0.25, 0.3) is 5.91 Å². The van der Waals surface area contributed by atoms with Crippen LogP contribution in [0.5, 0.6) is 11.5 Å². The Balaban J connectivity index is 1.94. The molecule has 1 atom stereocenters. The Labute approximate surface area is 220 Å². The molecule has 3 rings (SSSR count). The fraction of sp³-hybridized carbons (Fsp3) is 0.355. The quantitative estimate of drug-likeness (QED) is 0.362. The summed E-state index contributed by atoms with van der Waals surface area (Å²) in [6, 6.07) is 24.3. The van der Waals surface area contributed by atoms with E-state index in [1.165, 1.54) is 0 Å². The monoisotopic (exact) mass is 502 g/mol. The lowest BCUT2D eigenvalue weighted by molar-refractivity contribution is -0.143. The minimum absolute atomic E-state index is 0.0614. The molecule has 0 radical (unpaired) electrons. The number of ether oxygens (including phenoxy) is 2. The van der Waals surface area contributed by atoms with Gasteiger partial charge in [-0.1, -0.05) is 74.5 Å². The van der Waals surface area contributed by atoms with Gasteiger partial charge >= 0.3 is 0 Å². The summed E-state index contributed by atoms with van der Waals surface area (Å²) in [5, 5.41) is 3.01. The number of rotatable bonds is 12. The highest BCUT2D eigenvalue weighted by Gasteiger charge is 2.31. The SMILES string of the molecule is COc1cccc(CN(C(=O)COc2ccccc2C(C)C)C(Cc2ccccc2)C(=O)NC(C)C)c1. The van der Waals surface area contributed by atoms with Crippen LogP contribution in [0.4, 0.5) is 0 Å². The highest BCUT2D eigenvalue weighted by atomic mass is 16.5. The van der Waals surface area contributed by atoms with Gasteiger partial charge in [0.1, 0.15) is 17.5 Å². The average Bonchev–Trinajstić information content (AvgIpc) is 2.89. The second kappa shape index (κ2) is 13.5. The summed E-state index contributed by atoms with van der Waals surface area (Å²) in [5.74, 6) is 1.16. The summed E-state index contributed by atoms with van der Waals surface area (Å²) in [5.41, 5.74) is 2.87. The molecular formula is C31H38N2O4. The average molecular weight is 503 g/mol. The van der Waals surface area contributed by atoms with Crippen LogP contribution in [-0.2, 0) is 22.6 Å². The number of nitrogens with zero attached hydrogens (tertiary/aromatic N) is 1. The van der Waals surface area contributed by atoms with Crippen LogP contribution in [0, 0.1) is 0 Å². The van der Waals surface area contributed by atoms with Crippen LogP contribution in [-0.4, -0.2) is 42.5 Å². The highest BCUT2D eigenvalue weighted by molar-refractivity contribution is 5.88. The van der Waals surface area contributed by atoms with E-state index >= 15 is 0 Å². The smallest absolute Gasteiger partial charge is 0.261 e. The number of hydrogen-bond donors (Lipinski definition) is 1. The molecule has 0 saturated heterocycles. The molecule has 1 unspecified atom stereocenters. The van der Waals surface area contributed by atoms with Gasteiger partial charge in [-0.05, 0) is 54.7 Å². The Kier molecular flexibility index (Phi) is 10.1. The van der Waals surface area contributed by atoms with E-state index in [-0.39, 0.29) is 36.9 Å². The van der Waals surface area contributed by atoms with Crippen LogP contribution in [0.15, 0.2) is 78.9 Å². The Bertz CT molecular complexity index is 1160. The van der Waals surface area contributed by atoms with Crippen molar-refractivity contribution in [2.24, 2.45) is 0 Å². The van der Waals surface area contributed by atoms with Crippen LogP contribution in [0.25, 0.3) is 0 Å². The van der Waals surface area contributed by atoms with Crippen LogP contribution in [0.1, 0.15) is 50.3 Å². The second-order valence-corrected chi connectivity index (χ2v) is 9.72. The standard InChI is InChI=1S/C31H38N2O4/c1-22(2)27-16-9-10-17-29(27)37-21-30(34)33(20-25-14-11-15-26(18-25)36-5)28(31(35)32-23(3)4)19-24-12-7-6-8-13-24/h6-18,22-23,28H,19-21H2,1-5H3,(H,32,35). The molecule has 0 aromatic heterocycles. The minimum Gasteiger partial charge on any atom is -0.497 e. The first-order valence-corrected chi connectivity index (χ1v) is 12.8. The van der Waals surface area contributed by atoms with Crippen LogP contribution >= 0.6 is 0 Å². The topological polar surface area (TPSA) is 67.9 Å². The fourth-order valence-electron chi connectivity index (χ4n) is 4.21. The summed E-state index contributed by atoms with van der Waals surface area (Å²) in [6.45, 7) is 8.08. The molecule has 0 aliphatic carbocycles. The van der Waals surface area contributed by atoms with Crippen LogP contribution < -0.4 is 14.8 Å². The lowest BCUT2D eigenvalue weighted by Crippen LogP contribution is -2.52. The number of amides is 2. The normalized spacial score (nSPS) is 11.8. The number of carbonyl (C=O) groups excluding carboxylic acids is 2. The maximum absolute atomic E-state index is 13.8. The Morgan fingerprint density at radius 3 is 2.22 bits per heavy atom. The number of benzene rings is 3. The molecule has 6 nitrogen and oxygen atoms in total. The predicted octanol–water partition coefficient (Wildman–Crippen LogP) is 5.36. The van der Waals surface area contributed by atoms with E-state index in [0.29, 0.717) is 17.9 Å².